The SMILES string of the molecule is CC(C)(C)CCn1c(CCl)nc2c(S(C)(=O)=O)cccc21. The molecule has 1 heterocycles. The molecule has 0 radical (unpaired) electrons. The van der Waals surface area contributed by atoms with Crippen molar-refractivity contribution in [2.24, 2.45) is 5.41 Å². The molecule has 0 bridgehead atoms. The van der Waals surface area contributed by atoms with E-state index in [9.17, 15) is 8.42 Å². The van der Waals surface area contributed by atoms with Crippen molar-refractivity contribution in [3.05, 3.63) is 24.0 Å². The van der Waals surface area contributed by atoms with E-state index in [-0.39, 0.29) is 16.2 Å². The zero-order valence-corrected chi connectivity index (χ0v) is 14.4. The predicted octanol–water partition coefficient (Wildman–Crippen LogP) is 3.61. The van der Waals surface area contributed by atoms with Crippen LogP contribution in [0.5, 0.6) is 0 Å². The van der Waals surface area contributed by atoms with Gasteiger partial charge in [0, 0.05) is 12.8 Å². The minimum Gasteiger partial charge on any atom is -0.327 e. The van der Waals surface area contributed by atoms with Crippen LogP contribution in [-0.4, -0.2) is 24.2 Å². The molecule has 0 saturated heterocycles. The van der Waals surface area contributed by atoms with Crippen LogP contribution in [-0.2, 0) is 22.3 Å². The first-order chi connectivity index (χ1) is 9.63. The summed E-state index contributed by atoms with van der Waals surface area (Å²) in [5.41, 5.74) is 1.54. The number of nitrogens with zero attached hydrogens (tertiary/aromatic N) is 2. The van der Waals surface area contributed by atoms with Gasteiger partial charge < -0.3 is 4.57 Å². The van der Waals surface area contributed by atoms with Gasteiger partial charge in [-0.25, -0.2) is 13.4 Å². The third-order valence-electron chi connectivity index (χ3n) is 3.43. The third-order valence-corrected chi connectivity index (χ3v) is 4.79. The number of aryl methyl sites for hydroxylation is 1. The van der Waals surface area contributed by atoms with Crippen LogP contribution < -0.4 is 0 Å². The van der Waals surface area contributed by atoms with Gasteiger partial charge in [0.1, 0.15) is 11.3 Å². The molecule has 0 aliphatic carbocycles. The molecule has 0 spiro atoms. The molecule has 0 aliphatic rings. The zero-order valence-electron chi connectivity index (χ0n) is 12.9. The Balaban J connectivity index is 2.60. The zero-order chi connectivity index (χ0) is 15.8. The number of benzene rings is 1. The molecule has 4 nitrogen and oxygen atoms in total. The summed E-state index contributed by atoms with van der Waals surface area (Å²) in [6.07, 6.45) is 2.17. The molecule has 0 atom stereocenters. The molecule has 1 aromatic carbocycles. The van der Waals surface area contributed by atoms with Crippen LogP contribution in [0.25, 0.3) is 11.0 Å². The second-order valence-electron chi connectivity index (χ2n) is 6.52. The lowest BCUT2D eigenvalue weighted by atomic mass is 9.92. The van der Waals surface area contributed by atoms with Gasteiger partial charge in [-0.2, -0.15) is 0 Å². The number of imidazole rings is 1. The van der Waals surface area contributed by atoms with E-state index in [0.29, 0.717) is 11.3 Å². The minimum atomic E-state index is -3.30. The fourth-order valence-electron chi connectivity index (χ4n) is 2.27. The number of para-hydroxylation sites is 1. The maximum Gasteiger partial charge on any atom is 0.177 e. The summed E-state index contributed by atoms with van der Waals surface area (Å²) in [7, 11) is -3.30. The van der Waals surface area contributed by atoms with Gasteiger partial charge in [0.05, 0.1) is 16.3 Å². The fourth-order valence-corrected chi connectivity index (χ4v) is 3.30. The number of rotatable bonds is 4. The largest absolute Gasteiger partial charge is 0.327 e. The van der Waals surface area contributed by atoms with E-state index >= 15 is 0 Å². The molecule has 0 unspecified atom stereocenters. The molecule has 0 fully saturated rings. The standard InChI is InChI=1S/C15H21ClN2O2S/c1-15(2,3)8-9-18-11-6-5-7-12(21(4,19)20)14(11)17-13(18)10-16/h5-7H,8-10H2,1-4H3. The first-order valence-corrected chi connectivity index (χ1v) is 9.30. The second kappa shape index (κ2) is 5.61. The quantitative estimate of drug-likeness (QED) is 0.805. The number of hydrogen-bond donors (Lipinski definition) is 0. The summed E-state index contributed by atoms with van der Waals surface area (Å²) in [6.45, 7) is 7.30. The second-order valence-corrected chi connectivity index (χ2v) is 8.77. The highest BCUT2D eigenvalue weighted by Gasteiger charge is 2.19. The van der Waals surface area contributed by atoms with Crippen molar-refractivity contribution in [2.75, 3.05) is 6.26 Å². The van der Waals surface area contributed by atoms with Gasteiger partial charge >= 0.3 is 0 Å². The normalized spacial score (nSPS) is 13.0. The molecule has 0 amide bonds. The van der Waals surface area contributed by atoms with Crippen molar-refractivity contribution in [3.8, 4) is 0 Å². The van der Waals surface area contributed by atoms with Crippen molar-refractivity contribution >= 4 is 32.5 Å². The van der Waals surface area contributed by atoms with Crippen LogP contribution >= 0.6 is 11.6 Å². The van der Waals surface area contributed by atoms with Crippen LogP contribution in [0.2, 0.25) is 0 Å². The van der Waals surface area contributed by atoms with Crippen LogP contribution in [0.4, 0.5) is 0 Å². The summed E-state index contributed by atoms with van der Waals surface area (Å²) in [5, 5.41) is 0. The Hall–Kier alpha value is -1.07. The molecule has 2 aromatic rings. The molecule has 116 valence electrons. The van der Waals surface area contributed by atoms with Crippen molar-refractivity contribution in [1.29, 1.82) is 0 Å². The van der Waals surface area contributed by atoms with E-state index in [2.05, 4.69) is 25.8 Å². The van der Waals surface area contributed by atoms with E-state index in [1.165, 1.54) is 6.26 Å². The van der Waals surface area contributed by atoms with E-state index in [4.69, 9.17) is 11.6 Å². The Morgan fingerprint density at radius 3 is 2.48 bits per heavy atom. The van der Waals surface area contributed by atoms with Crippen molar-refractivity contribution in [2.45, 2.75) is 44.5 Å². The Morgan fingerprint density at radius 1 is 1.29 bits per heavy atom. The number of halogens is 1. The summed E-state index contributed by atoms with van der Waals surface area (Å²) in [4.78, 5) is 4.71. The summed E-state index contributed by atoms with van der Waals surface area (Å²) >= 11 is 5.99. The highest BCUT2D eigenvalue weighted by molar-refractivity contribution is 7.91. The lowest BCUT2D eigenvalue weighted by Gasteiger charge is -2.19. The number of fused-ring (bicyclic) bond motifs is 1. The van der Waals surface area contributed by atoms with E-state index < -0.39 is 9.84 Å². The van der Waals surface area contributed by atoms with Crippen LogP contribution in [0.3, 0.4) is 0 Å². The molecule has 21 heavy (non-hydrogen) atoms. The maximum atomic E-state index is 11.9. The van der Waals surface area contributed by atoms with Crippen LogP contribution in [0.15, 0.2) is 23.1 Å². The number of sulfone groups is 1. The summed E-state index contributed by atoms with van der Waals surface area (Å²) < 4.78 is 25.8. The van der Waals surface area contributed by atoms with Gasteiger partial charge in [-0.3, -0.25) is 0 Å². The first-order valence-electron chi connectivity index (χ1n) is 6.87. The Kier molecular flexibility index (Phi) is 4.36. The van der Waals surface area contributed by atoms with Crippen molar-refractivity contribution in [1.82, 2.24) is 9.55 Å². The van der Waals surface area contributed by atoms with Crippen LogP contribution in [0.1, 0.15) is 33.0 Å². The van der Waals surface area contributed by atoms with Gasteiger partial charge in [-0.05, 0) is 24.0 Å². The summed E-state index contributed by atoms with van der Waals surface area (Å²) in [5.74, 6) is 0.981. The van der Waals surface area contributed by atoms with Gasteiger partial charge in [-0.15, -0.1) is 11.6 Å². The van der Waals surface area contributed by atoms with Crippen LogP contribution in [0, 0.1) is 5.41 Å². The highest BCUT2D eigenvalue weighted by Crippen LogP contribution is 2.27. The number of hydrogen-bond acceptors (Lipinski definition) is 3. The average Bonchev–Trinajstić information content (AvgIpc) is 2.71. The molecule has 6 heteroatoms. The lowest BCUT2D eigenvalue weighted by molar-refractivity contribution is 0.351. The van der Waals surface area contributed by atoms with E-state index in [0.717, 1.165) is 18.5 Å². The lowest BCUT2D eigenvalue weighted by Crippen LogP contribution is -2.12. The minimum absolute atomic E-state index is 0.189. The molecule has 0 aliphatic heterocycles. The molecule has 2 rings (SSSR count). The monoisotopic (exact) mass is 328 g/mol. The van der Waals surface area contributed by atoms with Crippen molar-refractivity contribution < 1.29 is 8.42 Å². The average molecular weight is 329 g/mol. The maximum absolute atomic E-state index is 11.9. The molecular formula is C15H21ClN2O2S. The smallest absolute Gasteiger partial charge is 0.177 e. The van der Waals surface area contributed by atoms with Crippen molar-refractivity contribution in [3.63, 3.8) is 0 Å². The van der Waals surface area contributed by atoms with Gasteiger partial charge in [0.25, 0.3) is 0 Å². The summed E-state index contributed by atoms with van der Waals surface area (Å²) in [6, 6.07) is 5.25. The van der Waals surface area contributed by atoms with Gasteiger partial charge in [0.15, 0.2) is 9.84 Å². The Bertz CT molecular complexity index is 758. The fraction of sp³-hybridized carbons (Fsp3) is 0.533. The molecular weight excluding hydrogens is 308 g/mol. The van der Waals surface area contributed by atoms with Gasteiger partial charge in [-0.1, -0.05) is 26.8 Å². The first kappa shape index (κ1) is 16.3. The molecule has 0 saturated carbocycles. The van der Waals surface area contributed by atoms with E-state index in [1.54, 1.807) is 12.1 Å². The highest BCUT2D eigenvalue weighted by atomic mass is 35.5. The Morgan fingerprint density at radius 2 is 1.95 bits per heavy atom. The predicted molar refractivity (Wildman–Crippen MR) is 86.5 cm³/mol. The topological polar surface area (TPSA) is 52.0 Å². The molecule has 1 aromatic heterocycles. The molecule has 0 N–H and O–H groups in total. The number of alkyl halides is 1. The number of aromatic nitrogens is 2. The van der Waals surface area contributed by atoms with Gasteiger partial charge in [0.2, 0.25) is 0 Å². The third kappa shape index (κ3) is 3.58. The Labute approximate surface area is 131 Å². The van der Waals surface area contributed by atoms with E-state index in [1.807, 2.05) is 10.6 Å².